The molecule has 4 saturated carbocycles. The zero-order chi connectivity index (χ0) is 85.7. The van der Waals surface area contributed by atoms with Crippen molar-refractivity contribution in [1.29, 1.82) is 0 Å². The van der Waals surface area contributed by atoms with Gasteiger partial charge in [0.05, 0.1) is 50.5 Å². The Morgan fingerprint density at radius 1 is 0.644 bits per heavy atom. The Labute approximate surface area is 692 Å². The van der Waals surface area contributed by atoms with Gasteiger partial charge in [-0.25, -0.2) is 60.2 Å². The molecule has 5 aromatic rings. The van der Waals surface area contributed by atoms with E-state index in [0.29, 0.717) is 110 Å². The second kappa shape index (κ2) is 41.3. The maximum Gasteiger partial charge on any atom is 0.411 e. The molecule has 3 aromatic carbocycles. The van der Waals surface area contributed by atoms with Crippen LogP contribution in [0.25, 0.3) is 22.3 Å². The molecule has 0 unspecified atom stereocenters. The number of unbranched alkanes of at least 4 members (excludes halogenated alkanes) is 6. The highest BCUT2D eigenvalue weighted by molar-refractivity contribution is 7.90. The van der Waals surface area contributed by atoms with E-state index in [0.717, 1.165) is 51.4 Å². The van der Waals surface area contributed by atoms with Gasteiger partial charge >= 0.3 is 30.2 Å². The van der Waals surface area contributed by atoms with Gasteiger partial charge in [-0.15, -0.1) is 24.5 Å². The highest BCUT2D eigenvalue weighted by atomic mass is 32.2. The van der Waals surface area contributed by atoms with Gasteiger partial charge in [0, 0.05) is 60.0 Å². The number of aromatic nitrogens is 2. The molecule has 5 fully saturated rings. The highest BCUT2D eigenvalue weighted by Crippen LogP contribution is 2.46. The fourth-order valence-electron chi connectivity index (χ4n) is 14.3. The van der Waals surface area contributed by atoms with Crippen LogP contribution in [0, 0.1) is 11.8 Å². The first kappa shape index (κ1) is 91.4. The molecule has 0 spiro atoms. The number of carbonyl (C=O) groups is 10. The normalized spacial score (nSPS) is 20.1. The lowest BCUT2D eigenvalue weighted by Gasteiger charge is -2.29. The lowest BCUT2D eigenvalue weighted by Crippen LogP contribution is -2.56. The zero-order valence-electron chi connectivity index (χ0n) is 68.0. The number of sulfonamides is 2. The molecule has 4 aliphatic carbocycles. The number of nitrogens with zero attached hydrogens (tertiary/aromatic N) is 3. The number of amides is 8. The van der Waals surface area contributed by atoms with Crippen molar-refractivity contribution in [2.45, 2.75) is 251 Å². The Hall–Kier alpha value is -10.5. The number of methoxy groups -OCH3 is 3. The largest absolute Gasteiger partial charge is 0.497 e. The molecule has 8 atom stereocenters. The number of likely N-dealkylation sites (tertiary alicyclic amines) is 1. The first-order valence-corrected chi connectivity index (χ1v) is 43.7. The molecule has 1 aliphatic heterocycles. The fourth-order valence-corrected chi connectivity index (χ4v) is 17.5. The van der Waals surface area contributed by atoms with E-state index in [-0.39, 0.29) is 83.5 Å². The molecule has 0 bridgehead atoms. The summed E-state index contributed by atoms with van der Waals surface area (Å²) in [6.07, 6.45) is 12.9. The Morgan fingerprint density at radius 3 is 1.64 bits per heavy atom. The van der Waals surface area contributed by atoms with Gasteiger partial charge in [0.15, 0.2) is 5.13 Å². The van der Waals surface area contributed by atoms with E-state index in [2.05, 4.69) is 49.8 Å². The molecular weight excluding hydrogens is 1590 g/mol. The molecule has 2 aromatic heterocycles. The third-order valence-electron chi connectivity index (χ3n) is 20.8. The molecule has 36 heteroatoms. The van der Waals surface area contributed by atoms with Gasteiger partial charge in [0.25, 0.3) is 31.9 Å². The van der Waals surface area contributed by atoms with Crippen molar-refractivity contribution < 1.29 is 97.9 Å². The number of nitrogens with two attached hydrogens (primary N) is 1. The number of carbonyl (C=O) groups excluding carboxylic acids is 10. The minimum absolute atomic E-state index is 0.00808. The predicted molar refractivity (Wildman–Crippen MR) is 440 cm³/mol. The monoisotopic (exact) mass is 1690 g/mol. The maximum atomic E-state index is 14.6. The Kier molecular flexibility index (Phi) is 32.0. The van der Waals surface area contributed by atoms with Crippen LogP contribution < -0.4 is 56.6 Å². The summed E-state index contributed by atoms with van der Waals surface area (Å²) in [6, 6.07) is 15.7. The summed E-state index contributed by atoms with van der Waals surface area (Å²) in [5.41, 5.74) is 3.61. The number of thiazole rings is 1. The van der Waals surface area contributed by atoms with E-state index in [9.17, 15) is 64.8 Å². The summed E-state index contributed by atoms with van der Waals surface area (Å²) in [7, 11) is -4.90. The third kappa shape index (κ3) is 25.3. The number of alkyl carbamates (subject to hydrolysis) is 2. The lowest BCUT2D eigenvalue weighted by molar-refractivity contribution is -0.144. The summed E-state index contributed by atoms with van der Waals surface area (Å²) in [5, 5.41) is 19.8. The molecule has 33 nitrogen and oxygen atoms in total. The van der Waals surface area contributed by atoms with Gasteiger partial charge in [-0.3, -0.25) is 28.9 Å². The summed E-state index contributed by atoms with van der Waals surface area (Å²) >= 11 is 1.43. The van der Waals surface area contributed by atoms with Gasteiger partial charge in [-0.1, -0.05) is 74.9 Å². The van der Waals surface area contributed by atoms with Crippen molar-refractivity contribution in [3.05, 3.63) is 103 Å². The number of nitrogens with one attached hydrogen (secondary N) is 8. The second-order valence-electron chi connectivity index (χ2n) is 31.4. The number of fused-ring (bicyclic) bond motifs is 1. The number of anilines is 3. The maximum absolute atomic E-state index is 14.6. The lowest BCUT2D eigenvalue weighted by atomic mass is 10.1. The van der Waals surface area contributed by atoms with Crippen molar-refractivity contribution in [1.82, 2.24) is 40.3 Å². The predicted octanol–water partition coefficient (Wildman–Crippen LogP) is 10.9. The van der Waals surface area contributed by atoms with Gasteiger partial charge in [0.1, 0.15) is 80.1 Å². The van der Waals surface area contributed by atoms with E-state index in [1.54, 1.807) is 58.2 Å². The molecule has 1 saturated heterocycles. The van der Waals surface area contributed by atoms with Gasteiger partial charge in [-0.05, 0) is 161 Å². The quantitative estimate of drug-likeness (QED) is 0.00767. The fraction of sp³-hybridized carbons (Fsp3) is 0.537. The van der Waals surface area contributed by atoms with Crippen LogP contribution in [-0.2, 0) is 77.3 Å². The molecular formula is C82H110N12O21S3. The molecule has 10 N–H and O–H groups in total. The first-order valence-electron chi connectivity index (χ1n) is 39.9. The van der Waals surface area contributed by atoms with Crippen molar-refractivity contribution in [3.63, 3.8) is 0 Å². The Bertz CT molecular complexity index is 4700. The highest BCUT2D eigenvalue weighted by Gasteiger charge is 2.62. The Morgan fingerprint density at radius 2 is 1.16 bits per heavy atom. The van der Waals surface area contributed by atoms with Crippen LogP contribution >= 0.6 is 11.3 Å². The SMILES string of the molecule is C=C[C@@H]1C[C@]1(N)C(=O)NS(=O)(=O)c1ccccc1NC(=O)CCCCCC[C@H](NC(=O)OC1CCCC1)C(=O)OC.C=C[C@@H]1C[C@]1(NC(=O)[C@@H]1C[C@@H](Oc2cc(-c3csc(NC(C)C)n3)nc3cc(OC)ccc23)CN1C(=O)OC(C)(C)C)C(=O)NS(=O)(=O)c1ccccc1NC(=O)CCCCCC[C@H](NC(=O)OC1CCCC1)C(=O)OC. The summed E-state index contributed by atoms with van der Waals surface area (Å²) < 4.78 is 96.4. The van der Waals surface area contributed by atoms with Crippen LogP contribution in [-0.4, -0.2) is 178 Å². The topological polar surface area (TPSA) is 455 Å². The first-order chi connectivity index (χ1) is 56.1. The van der Waals surface area contributed by atoms with Crippen LogP contribution in [0.5, 0.6) is 11.5 Å². The standard InChI is InChI=1S/C54H70N8O13S2.C28H40N4O8S/c1-9-33-29-54(33,49(66)61-77(69,70)45-22-17-16-20-38(45)57-46(63)23-13-11-10-12-21-39(48(65)72-8)59-51(67)74-34-18-14-15-19-34)60-47(64)43-27-36(30-62(43)52(68)75-53(4,5)6)73-44-28-41(42-31-76-50(58-42)55-32(2)3)56-40-26-35(71-7)24-25-37(40)44;1-3-19-18-28(19,29)26(35)32-41(37,38)23-16-11-10-14-21(23)30-24(33)17-7-5-4-6-15-22(25(34)39-2)31-27(36)40-20-12-8-9-13-20/h9,16-17,20,22,24-26,28,31-34,36,39,43H,1,10-15,18-19,21,23,27,29-30H2,2-8H3,(H,55,58)(H,57,63)(H,59,67)(H,60,64)(H,61,66);3,10-11,14,16,19-20,22H,1,4-9,12-13,15,17-18,29H2,2H3,(H,30,33)(H,31,36)(H,32,35)/t33-,36-,39+,43+,54-;19-,22+,28-/m11/s1. The molecule has 3 heterocycles. The van der Waals surface area contributed by atoms with Gasteiger partial charge < -0.3 is 70.8 Å². The van der Waals surface area contributed by atoms with Gasteiger partial charge in [0.2, 0.25) is 17.7 Å². The molecule has 642 valence electrons. The van der Waals surface area contributed by atoms with Crippen LogP contribution in [0.4, 0.5) is 30.9 Å². The molecule has 0 radical (unpaired) electrons. The third-order valence-corrected chi connectivity index (χ3v) is 24.4. The summed E-state index contributed by atoms with van der Waals surface area (Å²) in [6.45, 7) is 16.4. The molecule has 10 rings (SSSR count). The Balaban J connectivity index is 0.000000325. The van der Waals surface area contributed by atoms with Crippen molar-refractivity contribution in [3.8, 4) is 22.9 Å². The van der Waals surface area contributed by atoms with Crippen LogP contribution in [0.3, 0.4) is 0 Å². The van der Waals surface area contributed by atoms with E-state index in [1.807, 2.05) is 23.9 Å². The van der Waals surface area contributed by atoms with Crippen molar-refractivity contribution in [2.75, 3.05) is 43.8 Å². The number of benzene rings is 3. The average molecular weight is 1700 g/mol. The van der Waals surface area contributed by atoms with Gasteiger partial charge in [-0.2, -0.15) is 0 Å². The zero-order valence-corrected chi connectivity index (χ0v) is 70.4. The minimum Gasteiger partial charge on any atom is -0.497 e. The summed E-state index contributed by atoms with van der Waals surface area (Å²) in [4.78, 5) is 140. The smallest absolute Gasteiger partial charge is 0.411 e. The van der Waals surface area contributed by atoms with Crippen molar-refractivity contribution in [2.24, 2.45) is 17.6 Å². The van der Waals surface area contributed by atoms with E-state index in [1.165, 1.54) is 85.1 Å². The van der Waals surface area contributed by atoms with E-state index < -0.39 is 121 Å². The average Bonchev–Trinajstić information content (AvgIpc) is 1.57. The van der Waals surface area contributed by atoms with Crippen LogP contribution in [0.15, 0.2) is 113 Å². The number of ether oxygens (including phenoxy) is 7. The van der Waals surface area contributed by atoms with E-state index in [4.69, 9.17) is 48.9 Å². The van der Waals surface area contributed by atoms with Crippen LogP contribution in [0.1, 0.15) is 182 Å². The van der Waals surface area contributed by atoms with E-state index >= 15 is 0 Å². The summed E-state index contributed by atoms with van der Waals surface area (Å²) in [5.74, 6) is -4.59. The minimum atomic E-state index is -4.67. The molecule has 8 amide bonds. The molecule has 5 aliphatic rings. The second-order valence-corrected chi connectivity index (χ2v) is 35.5. The number of hydrogen-bond acceptors (Lipinski definition) is 26. The number of pyridine rings is 1. The molecule has 118 heavy (non-hydrogen) atoms. The number of esters is 2. The number of rotatable bonds is 38. The number of hydrogen-bond donors (Lipinski definition) is 9. The van der Waals surface area contributed by atoms with Crippen LogP contribution in [0.2, 0.25) is 0 Å². The van der Waals surface area contributed by atoms with Crippen molar-refractivity contribution >= 4 is 119 Å². The number of para-hydroxylation sites is 2.